The summed E-state index contributed by atoms with van der Waals surface area (Å²) in [6.07, 6.45) is 10.1. The summed E-state index contributed by atoms with van der Waals surface area (Å²) in [5.41, 5.74) is 0. The van der Waals surface area contributed by atoms with E-state index in [1.165, 1.54) is 32.1 Å². The van der Waals surface area contributed by atoms with Gasteiger partial charge in [-0.2, -0.15) is 4.91 Å². The van der Waals surface area contributed by atoms with Crippen LogP contribution in [0.5, 0.6) is 0 Å². The molecule has 3 nitrogen and oxygen atoms in total. The van der Waals surface area contributed by atoms with Gasteiger partial charge in [0.05, 0.1) is 12.1 Å². The normalized spacial score (nSPS) is 40.6. The molecule has 2 aliphatic rings. The van der Waals surface area contributed by atoms with E-state index in [-0.39, 0.29) is 12.1 Å². The number of hydrogen-bond donors (Lipinski definition) is 1. The molecule has 0 atom stereocenters. The van der Waals surface area contributed by atoms with E-state index in [9.17, 15) is 10.0 Å². The van der Waals surface area contributed by atoms with Crippen molar-refractivity contribution < 1.29 is 5.11 Å². The first-order chi connectivity index (χ1) is 7.78. The van der Waals surface area contributed by atoms with Crippen LogP contribution in [0.2, 0.25) is 0 Å². The molecule has 0 radical (unpaired) electrons. The van der Waals surface area contributed by atoms with Crippen LogP contribution in [0.1, 0.15) is 57.8 Å². The Hall–Kier alpha value is -0.440. The first kappa shape index (κ1) is 12.0. The van der Waals surface area contributed by atoms with Crippen molar-refractivity contribution in [2.24, 2.45) is 17.0 Å². The van der Waals surface area contributed by atoms with Gasteiger partial charge in [-0.05, 0) is 69.6 Å². The number of aliphatic hydroxyl groups excluding tert-OH is 1. The van der Waals surface area contributed by atoms with Crippen molar-refractivity contribution in [2.45, 2.75) is 69.9 Å². The van der Waals surface area contributed by atoms with Gasteiger partial charge in [-0.3, -0.25) is 0 Å². The van der Waals surface area contributed by atoms with Gasteiger partial charge in [-0.1, -0.05) is 5.18 Å². The van der Waals surface area contributed by atoms with Crippen LogP contribution >= 0.6 is 0 Å². The second kappa shape index (κ2) is 5.76. The minimum absolute atomic E-state index is 0.0359. The highest BCUT2D eigenvalue weighted by Gasteiger charge is 2.26. The Morgan fingerprint density at radius 2 is 1.38 bits per heavy atom. The van der Waals surface area contributed by atoms with E-state index in [1.807, 2.05) is 0 Å². The van der Waals surface area contributed by atoms with Crippen LogP contribution in [0.15, 0.2) is 5.18 Å². The summed E-state index contributed by atoms with van der Waals surface area (Å²) in [5, 5.41) is 12.6. The SMILES string of the molecule is O=NC1CCC(CC2CCC(O)CC2)CC1. The predicted octanol–water partition coefficient (Wildman–Crippen LogP) is 3.25. The second-order valence-electron chi connectivity index (χ2n) is 5.69. The molecular formula is C13H23NO2. The van der Waals surface area contributed by atoms with Gasteiger partial charge in [0, 0.05) is 0 Å². The number of nitrogens with zero attached hydrogens (tertiary/aromatic N) is 1. The molecule has 2 fully saturated rings. The lowest BCUT2D eigenvalue weighted by atomic mass is 9.76. The predicted molar refractivity (Wildman–Crippen MR) is 64.1 cm³/mol. The van der Waals surface area contributed by atoms with E-state index in [2.05, 4.69) is 5.18 Å². The van der Waals surface area contributed by atoms with Crippen molar-refractivity contribution >= 4 is 0 Å². The first-order valence-corrected chi connectivity index (χ1v) is 6.78. The molecule has 16 heavy (non-hydrogen) atoms. The van der Waals surface area contributed by atoms with Gasteiger partial charge >= 0.3 is 0 Å². The van der Waals surface area contributed by atoms with Crippen LogP contribution in [0.4, 0.5) is 0 Å². The zero-order valence-corrected chi connectivity index (χ0v) is 9.98. The van der Waals surface area contributed by atoms with Crippen LogP contribution < -0.4 is 0 Å². The molecule has 0 amide bonds. The molecule has 0 heterocycles. The molecule has 2 aliphatic carbocycles. The number of hydrogen-bond acceptors (Lipinski definition) is 3. The summed E-state index contributed by atoms with van der Waals surface area (Å²) < 4.78 is 0. The highest BCUT2D eigenvalue weighted by molar-refractivity contribution is 4.80. The van der Waals surface area contributed by atoms with Crippen molar-refractivity contribution in [3.8, 4) is 0 Å². The molecule has 0 spiro atoms. The van der Waals surface area contributed by atoms with Crippen LogP contribution in [0.25, 0.3) is 0 Å². The summed E-state index contributed by atoms with van der Waals surface area (Å²) in [7, 11) is 0. The molecule has 0 aromatic heterocycles. The number of nitroso groups, excluding NO2 is 1. The van der Waals surface area contributed by atoms with Crippen LogP contribution in [-0.2, 0) is 0 Å². The molecular weight excluding hydrogens is 202 g/mol. The topological polar surface area (TPSA) is 49.7 Å². The highest BCUT2D eigenvalue weighted by atomic mass is 16.3. The van der Waals surface area contributed by atoms with E-state index < -0.39 is 0 Å². The average Bonchev–Trinajstić information content (AvgIpc) is 2.33. The molecule has 0 aliphatic heterocycles. The molecule has 0 aromatic rings. The van der Waals surface area contributed by atoms with Gasteiger partial charge in [0.2, 0.25) is 0 Å². The summed E-state index contributed by atoms with van der Waals surface area (Å²) in [4.78, 5) is 10.4. The lowest BCUT2D eigenvalue weighted by Crippen LogP contribution is -2.23. The van der Waals surface area contributed by atoms with Gasteiger partial charge in [-0.25, -0.2) is 0 Å². The number of aliphatic hydroxyl groups is 1. The van der Waals surface area contributed by atoms with Crippen molar-refractivity contribution in [3.05, 3.63) is 4.91 Å². The highest BCUT2D eigenvalue weighted by Crippen LogP contribution is 2.35. The van der Waals surface area contributed by atoms with E-state index >= 15 is 0 Å². The maximum absolute atomic E-state index is 10.4. The summed E-state index contributed by atoms with van der Waals surface area (Å²) >= 11 is 0. The van der Waals surface area contributed by atoms with Crippen LogP contribution in [0.3, 0.4) is 0 Å². The fourth-order valence-corrected chi connectivity index (χ4v) is 3.34. The van der Waals surface area contributed by atoms with E-state index in [0.29, 0.717) is 0 Å². The fourth-order valence-electron chi connectivity index (χ4n) is 3.34. The summed E-state index contributed by atoms with van der Waals surface area (Å²) in [5.74, 6) is 1.65. The smallest absolute Gasteiger partial charge is 0.0920 e. The van der Waals surface area contributed by atoms with Crippen LogP contribution in [-0.4, -0.2) is 17.3 Å². The van der Waals surface area contributed by atoms with Gasteiger partial charge in [0.15, 0.2) is 0 Å². The molecule has 0 aromatic carbocycles. The molecule has 0 saturated heterocycles. The van der Waals surface area contributed by atoms with Crippen molar-refractivity contribution in [1.29, 1.82) is 0 Å². The van der Waals surface area contributed by atoms with Gasteiger partial charge in [-0.15, -0.1) is 0 Å². The Morgan fingerprint density at radius 1 is 0.875 bits per heavy atom. The Labute approximate surface area is 97.6 Å². The third-order valence-electron chi connectivity index (χ3n) is 4.45. The standard InChI is InChI=1S/C13H23NO2/c15-13-7-3-11(4-8-13)9-10-1-5-12(14-16)6-2-10/h10-13,15H,1-9H2. The van der Waals surface area contributed by atoms with E-state index in [4.69, 9.17) is 0 Å². The molecule has 2 saturated carbocycles. The van der Waals surface area contributed by atoms with Crippen molar-refractivity contribution in [2.75, 3.05) is 0 Å². The second-order valence-corrected chi connectivity index (χ2v) is 5.69. The minimum Gasteiger partial charge on any atom is -0.393 e. The Bertz CT molecular complexity index is 216. The van der Waals surface area contributed by atoms with Gasteiger partial charge in [0.1, 0.15) is 0 Å². The zero-order valence-electron chi connectivity index (χ0n) is 9.98. The maximum Gasteiger partial charge on any atom is 0.0920 e. The molecule has 92 valence electrons. The minimum atomic E-state index is -0.0359. The van der Waals surface area contributed by atoms with Crippen molar-refractivity contribution in [1.82, 2.24) is 0 Å². The summed E-state index contributed by atoms with van der Waals surface area (Å²) in [6, 6.07) is 0.101. The largest absolute Gasteiger partial charge is 0.393 e. The first-order valence-electron chi connectivity index (χ1n) is 6.78. The lowest BCUT2D eigenvalue weighted by Gasteiger charge is -2.31. The molecule has 3 heteroatoms. The maximum atomic E-state index is 10.4. The zero-order chi connectivity index (χ0) is 11.4. The molecule has 2 rings (SSSR count). The lowest BCUT2D eigenvalue weighted by molar-refractivity contribution is 0.0981. The average molecular weight is 225 g/mol. The van der Waals surface area contributed by atoms with Gasteiger partial charge in [0.25, 0.3) is 0 Å². The Balaban J connectivity index is 1.68. The van der Waals surface area contributed by atoms with E-state index in [0.717, 1.165) is 37.5 Å². The third kappa shape index (κ3) is 3.27. The van der Waals surface area contributed by atoms with E-state index in [1.54, 1.807) is 0 Å². The third-order valence-corrected chi connectivity index (χ3v) is 4.45. The number of rotatable bonds is 3. The monoisotopic (exact) mass is 225 g/mol. The van der Waals surface area contributed by atoms with Crippen molar-refractivity contribution in [3.63, 3.8) is 0 Å². The Kier molecular flexibility index (Phi) is 4.33. The fraction of sp³-hybridized carbons (Fsp3) is 1.00. The molecule has 0 bridgehead atoms. The molecule has 0 unspecified atom stereocenters. The van der Waals surface area contributed by atoms with Gasteiger partial charge < -0.3 is 5.11 Å². The summed E-state index contributed by atoms with van der Waals surface area (Å²) in [6.45, 7) is 0. The molecule has 1 N–H and O–H groups in total. The quantitative estimate of drug-likeness (QED) is 0.749. The Morgan fingerprint density at radius 3 is 1.88 bits per heavy atom. The van der Waals surface area contributed by atoms with Crippen LogP contribution in [0, 0.1) is 16.7 Å².